The summed E-state index contributed by atoms with van der Waals surface area (Å²) in [6.07, 6.45) is 4.26. The molecule has 1 aliphatic carbocycles. The molecule has 0 aromatic heterocycles. The maximum absolute atomic E-state index is 2.55. The molecule has 0 aromatic carbocycles. The number of hydrogen-bond donors (Lipinski definition) is 0. The average molecular weight is 280 g/mol. The van der Waals surface area contributed by atoms with E-state index in [0.717, 1.165) is 5.92 Å². The fraction of sp³-hybridized carbons (Fsp3) is 1.00. The molecule has 1 heteroatoms. The first kappa shape index (κ1) is 10.8. The molecular weight excluding hydrogens is 259 g/mol. The van der Waals surface area contributed by atoms with Crippen molar-refractivity contribution in [1.29, 1.82) is 0 Å². The Kier molecular flexibility index (Phi) is 3.12. The molecule has 0 amide bonds. The molecule has 0 radical (unpaired) electrons. The molecule has 12 heavy (non-hydrogen) atoms. The molecule has 0 N–H and O–H groups in total. The Morgan fingerprint density at radius 3 is 2.25 bits per heavy atom. The Labute approximate surface area is 90.6 Å². The molecule has 1 saturated carbocycles. The minimum atomic E-state index is 0.581. The molecule has 0 aromatic rings. The summed E-state index contributed by atoms with van der Waals surface area (Å²) in [6, 6.07) is 0. The van der Waals surface area contributed by atoms with Gasteiger partial charge in [-0.25, -0.2) is 0 Å². The van der Waals surface area contributed by atoms with Crippen molar-refractivity contribution in [1.82, 2.24) is 0 Å². The van der Waals surface area contributed by atoms with Crippen LogP contribution in [0.25, 0.3) is 0 Å². The molecule has 0 spiro atoms. The minimum absolute atomic E-state index is 0.581. The monoisotopic (exact) mass is 280 g/mol. The predicted molar refractivity (Wildman–Crippen MR) is 63.8 cm³/mol. The van der Waals surface area contributed by atoms with Gasteiger partial charge in [0.1, 0.15) is 0 Å². The van der Waals surface area contributed by atoms with Crippen LogP contribution in [0.4, 0.5) is 0 Å². The molecular formula is C11H21I. The molecule has 0 saturated heterocycles. The fourth-order valence-electron chi connectivity index (χ4n) is 3.26. The van der Waals surface area contributed by atoms with Crippen LogP contribution in [0.1, 0.15) is 47.0 Å². The molecule has 1 rings (SSSR count). The van der Waals surface area contributed by atoms with Gasteiger partial charge < -0.3 is 0 Å². The zero-order valence-corrected chi connectivity index (χ0v) is 10.9. The summed E-state index contributed by atoms with van der Waals surface area (Å²) in [5.41, 5.74) is 1.19. The zero-order valence-electron chi connectivity index (χ0n) is 8.78. The second kappa shape index (κ2) is 3.47. The van der Waals surface area contributed by atoms with Crippen LogP contribution < -0.4 is 0 Å². The second-order valence-corrected chi connectivity index (χ2v) is 6.56. The Morgan fingerprint density at radius 2 is 1.83 bits per heavy atom. The van der Waals surface area contributed by atoms with Gasteiger partial charge in [-0.2, -0.15) is 0 Å². The number of rotatable bonds is 1. The van der Waals surface area contributed by atoms with Crippen molar-refractivity contribution in [3.8, 4) is 0 Å². The first-order valence-corrected chi connectivity index (χ1v) is 6.45. The van der Waals surface area contributed by atoms with E-state index in [9.17, 15) is 0 Å². The lowest BCUT2D eigenvalue weighted by Crippen LogP contribution is -2.35. The standard InChI is InChI=1S/C11H21I/c1-9-5-10(2,3)7-11(4,6-9)8-12/h9H,5-8H2,1-4H3. The normalized spacial score (nSPS) is 41.2. The molecule has 72 valence electrons. The first-order valence-electron chi connectivity index (χ1n) is 4.93. The van der Waals surface area contributed by atoms with Crippen molar-refractivity contribution in [3.63, 3.8) is 0 Å². The van der Waals surface area contributed by atoms with E-state index in [1.807, 2.05) is 0 Å². The summed E-state index contributed by atoms with van der Waals surface area (Å²) >= 11 is 2.55. The van der Waals surface area contributed by atoms with Gasteiger partial charge in [-0.1, -0.05) is 50.3 Å². The van der Waals surface area contributed by atoms with Crippen LogP contribution in [0.5, 0.6) is 0 Å². The molecule has 0 nitrogen and oxygen atoms in total. The minimum Gasteiger partial charge on any atom is -0.0858 e. The highest BCUT2D eigenvalue weighted by Crippen LogP contribution is 2.49. The molecule has 2 atom stereocenters. The Balaban J connectivity index is 2.70. The van der Waals surface area contributed by atoms with E-state index in [2.05, 4.69) is 50.3 Å². The first-order chi connectivity index (χ1) is 5.37. The van der Waals surface area contributed by atoms with Crippen molar-refractivity contribution in [2.24, 2.45) is 16.7 Å². The van der Waals surface area contributed by atoms with Crippen LogP contribution in [0.2, 0.25) is 0 Å². The third kappa shape index (κ3) is 2.61. The molecule has 1 fully saturated rings. The summed E-state index contributed by atoms with van der Waals surface area (Å²) in [7, 11) is 0. The van der Waals surface area contributed by atoms with Gasteiger partial charge in [-0.05, 0) is 36.0 Å². The highest BCUT2D eigenvalue weighted by atomic mass is 127. The van der Waals surface area contributed by atoms with Gasteiger partial charge in [0.15, 0.2) is 0 Å². The van der Waals surface area contributed by atoms with Gasteiger partial charge in [0.05, 0.1) is 0 Å². The van der Waals surface area contributed by atoms with Crippen LogP contribution >= 0.6 is 22.6 Å². The fourth-order valence-corrected chi connectivity index (χ4v) is 3.84. The van der Waals surface area contributed by atoms with Gasteiger partial charge in [0.25, 0.3) is 0 Å². The summed E-state index contributed by atoms with van der Waals surface area (Å²) in [5.74, 6) is 0.925. The maximum atomic E-state index is 2.55. The van der Waals surface area contributed by atoms with Crippen molar-refractivity contribution in [3.05, 3.63) is 0 Å². The lowest BCUT2D eigenvalue weighted by atomic mass is 9.62. The number of halogens is 1. The Hall–Kier alpha value is 0.730. The number of alkyl halides is 1. The second-order valence-electron chi connectivity index (χ2n) is 5.80. The van der Waals surface area contributed by atoms with Crippen LogP contribution in [0, 0.1) is 16.7 Å². The lowest BCUT2D eigenvalue weighted by molar-refractivity contribution is 0.0809. The summed E-state index contributed by atoms with van der Waals surface area (Å²) in [4.78, 5) is 0. The quantitative estimate of drug-likeness (QED) is 0.497. The van der Waals surface area contributed by atoms with Crippen LogP contribution in [0.3, 0.4) is 0 Å². The summed E-state index contributed by atoms with van der Waals surface area (Å²) in [5, 5.41) is 0. The van der Waals surface area contributed by atoms with E-state index in [1.54, 1.807) is 0 Å². The Morgan fingerprint density at radius 1 is 1.25 bits per heavy atom. The molecule has 1 aliphatic rings. The lowest BCUT2D eigenvalue weighted by Gasteiger charge is -2.45. The molecule has 0 bridgehead atoms. The van der Waals surface area contributed by atoms with E-state index < -0.39 is 0 Å². The smallest absolute Gasteiger partial charge is 0.00496 e. The van der Waals surface area contributed by atoms with Gasteiger partial charge in [0, 0.05) is 4.43 Å². The molecule has 0 heterocycles. The van der Waals surface area contributed by atoms with Crippen molar-refractivity contribution in [2.45, 2.75) is 47.0 Å². The highest BCUT2D eigenvalue weighted by molar-refractivity contribution is 14.1. The van der Waals surface area contributed by atoms with E-state index in [1.165, 1.54) is 23.7 Å². The number of hydrogen-bond acceptors (Lipinski definition) is 0. The largest absolute Gasteiger partial charge is 0.0858 e. The topological polar surface area (TPSA) is 0 Å². The van der Waals surface area contributed by atoms with Gasteiger partial charge in [0.2, 0.25) is 0 Å². The van der Waals surface area contributed by atoms with E-state index >= 15 is 0 Å². The third-order valence-corrected chi connectivity index (χ3v) is 4.81. The van der Waals surface area contributed by atoms with Gasteiger partial charge in [-0.15, -0.1) is 0 Å². The van der Waals surface area contributed by atoms with E-state index in [0.29, 0.717) is 10.8 Å². The van der Waals surface area contributed by atoms with E-state index in [4.69, 9.17) is 0 Å². The maximum Gasteiger partial charge on any atom is 0.00496 e. The van der Waals surface area contributed by atoms with Gasteiger partial charge in [-0.3, -0.25) is 0 Å². The Bertz CT molecular complexity index is 162. The highest BCUT2D eigenvalue weighted by Gasteiger charge is 2.38. The predicted octanol–water partition coefficient (Wildman–Crippen LogP) is 4.27. The average Bonchev–Trinajstić information content (AvgIpc) is 1.82. The van der Waals surface area contributed by atoms with Crippen molar-refractivity contribution in [2.75, 3.05) is 4.43 Å². The SMILES string of the molecule is CC1CC(C)(C)CC(C)(CI)C1. The molecule has 0 aliphatic heterocycles. The van der Waals surface area contributed by atoms with Crippen molar-refractivity contribution < 1.29 is 0 Å². The van der Waals surface area contributed by atoms with Gasteiger partial charge >= 0.3 is 0 Å². The molecule has 2 unspecified atom stereocenters. The van der Waals surface area contributed by atoms with E-state index in [-0.39, 0.29) is 0 Å². The third-order valence-electron chi connectivity index (χ3n) is 2.97. The zero-order chi connectivity index (χ0) is 9.41. The van der Waals surface area contributed by atoms with Crippen LogP contribution in [-0.2, 0) is 0 Å². The van der Waals surface area contributed by atoms with Crippen LogP contribution in [0.15, 0.2) is 0 Å². The van der Waals surface area contributed by atoms with Crippen molar-refractivity contribution >= 4 is 22.6 Å². The summed E-state index contributed by atoms with van der Waals surface area (Å²) in [6.45, 7) is 9.71. The summed E-state index contributed by atoms with van der Waals surface area (Å²) < 4.78 is 1.32. The van der Waals surface area contributed by atoms with Crippen LogP contribution in [-0.4, -0.2) is 4.43 Å².